The molecule has 4 heteroatoms. The van der Waals surface area contributed by atoms with Crippen LogP contribution < -0.4 is 4.90 Å². The Hall–Kier alpha value is -1.17. The molecule has 0 aliphatic heterocycles. The summed E-state index contributed by atoms with van der Waals surface area (Å²) in [6.45, 7) is 10.0. The van der Waals surface area contributed by atoms with E-state index in [1.54, 1.807) is 0 Å². The van der Waals surface area contributed by atoms with Gasteiger partial charge in [-0.2, -0.15) is 0 Å². The van der Waals surface area contributed by atoms with Gasteiger partial charge in [0.05, 0.1) is 0 Å². The number of allylic oxidation sites excluding steroid dienone is 4. The van der Waals surface area contributed by atoms with Crippen molar-refractivity contribution in [3.05, 3.63) is 88.0 Å². The van der Waals surface area contributed by atoms with E-state index < -0.39 is 0 Å². The van der Waals surface area contributed by atoms with Crippen molar-refractivity contribution >= 4 is 25.8 Å². The van der Waals surface area contributed by atoms with Gasteiger partial charge in [0.25, 0.3) is 0 Å². The van der Waals surface area contributed by atoms with Gasteiger partial charge >= 0.3 is 33.5 Å². The molecule has 0 heterocycles. The Bertz CT molecular complexity index is 803. The van der Waals surface area contributed by atoms with Crippen LogP contribution in [0.2, 0.25) is 0 Å². The van der Waals surface area contributed by atoms with Crippen LogP contribution in [-0.2, 0) is 19.9 Å². The van der Waals surface area contributed by atoms with Gasteiger partial charge in [-0.15, -0.1) is 0 Å². The summed E-state index contributed by atoms with van der Waals surface area (Å²) in [4.78, 5) is 2.32. The molecule has 144 valence electrons. The Morgan fingerprint density at radius 1 is 0.815 bits per heavy atom. The van der Waals surface area contributed by atoms with Crippen molar-refractivity contribution in [3.8, 4) is 0 Å². The van der Waals surface area contributed by atoms with Gasteiger partial charge in [-0.1, -0.05) is 53.6 Å². The Balaban J connectivity index is 0.000000817. The molecule has 1 aliphatic carbocycles. The SMILES string of the molecule is CC1=C(C)C(c2ccccc2CN(C)c2ccccc2)C(C)=C1C.[Cl][Cr][Cl]. The molecule has 0 bridgehead atoms. The fourth-order valence-electron chi connectivity index (χ4n) is 3.80. The van der Waals surface area contributed by atoms with Gasteiger partial charge in [0.15, 0.2) is 0 Å². The van der Waals surface area contributed by atoms with Crippen molar-refractivity contribution in [2.24, 2.45) is 0 Å². The van der Waals surface area contributed by atoms with E-state index in [4.69, 9.17) is 20.1 Å². The number of para-hydroxylation sites is 1. The van der Waals surface area contributed by atoms with Crippen LogP contribution in [0.15, 0.2) is 76.9 Å². The normalized spacial score (nSPS) is 14.3. The van der Waals surface area contributed by atoms with Crippen molar-refractivity contribution in [1.29, 1.82) is 0 Å². The molecule has 0 amide bonds. The van der Waals surface area contributed by atoms with Crippen molar-refractivity contribution < 1.29 is 13.4 Å². The summed E-state index contributed by atoms with van der Waals surface area (Å²) in [5.41, 5.74) is 10.0. The molecular weight excluding hydrogens is 413 g/mol. The molecule has 1 nitrogen and oxygen atoms in total. The third-order valence-corrected chi connectivity index (χ3v) is 5.58. The fraction of sp³-hybridized carbons (Fsp3) is 0.304. The topological polar surface area (TPSA) is 3.24 Å². The number of benzene rings is 2. The number of hydrogen-bond donors (Lipinski definition) is 0. The van der Waals surface area contributed by atoms with Crippen molar-refractivity contribution in [1.82, 2.24) is 0 Å². The number of nitrogens with zero attached hydrogens (tertiary/aromatic N) is 1. The van der Waals surface area contributed by atoms with Gasteiger partial charge in [-0.3, -0.25) is 0 Å². The first kappa shape index (κ1) is 22.1. The molecule has 0 unspecified atom stereocenters. The van der Waals surface area contributed by atoms with Gasteiger partial charge in [0.2, 0.25) is 0 Å². The molecule has 2 aromatic carbocycles. The molecule has 0 saturated heterocycles. The molecule has 0 saturated carbocycles. The zero-order valence-corrected chi connectivity index (χ0v) is 19.4. The molecule has 0 N–H and O–H groups in total. The van der Waals surface area contributed by atoms with E-state index >= 15 is 0 Å². The average molecular weight is 440 g/mol. The molecule has 0 aromatic heterocycles. The van der Waals surface area contributed by atoms with Crippen molar-refractivity contribution in [3.63, 3.8) is 0 Å². The minimum atomic E-state index is -0.181. The minimum absolute atomic E-state index is 0.181. The quantitative estimate of drug-likeness (QED) is 0.477. The Morgan fingerprint density at radius 2 is 1.30 bits per heavy atom. The van der Waals surface area contributed by atoms with Crippen LogP contribution in [0.25, 0.3) is 0 Å². The molecule has 2 aromatic rings. The van der Waals surface area contributed by atoms with E-state index in [-0.39, 0.29) is 13.4 Å². The first-order valence-corrected chi connectivity index (χ1v) is 12.5. The van der Waals surface area contributed by atoms with E-state index in [0.717, 1.165) is 6.54 Å². The Kier molecular flexibility index (Phi) is 8.52. The van der Waals surface area contributed by atoms with Crippen LogP contribution in [-0.4, -0.2) is 7.05 Å². The third-order valence-electron chi connectivity index (χ3n) is 5.58. The summed E-state index contributed by atoms with van der Waals surface area (Å²) < 4.78 is 0. The molecule has 27 heavy (non-hydrogen) atoms. The number of anilines is 1. The molecule has 0 spiro atoms. The van der Waals surface area contributed by atoms with E-state index in [1.807, 2.05) is 0 Å². The second kappa shape index (κ2) is 10.4. The predicted molar refractivity (Wildman–Crippen MR) is 116 cm³/mol. The Labute approximate surface area is 178 Å². The van der Waals surface area contributed by atoms with Crippen molar-refractivity contribution in [2.45, 2.75) is 40.2 Å². The zero-order chi connectivity index (χ0) is 20.0. The summed E-state index contributed by atoms with van der Waals surface area (Å²) in [6.07, 6.45) is 0. The summed E-state index contributed by atoms with van der Waals surface area (Å²) >= 11 is -0.181. The van der Waals surface area contributed by atoms with E-state index in [9.17, 15) is 0 Å². The molecule has 3 rings (SSSR count). The summed E-state index contributed by atoms with van der Waals surface area (Å²) in [6, 6.07) is 19.5. The standard InChI is InChI=1S/C23H27N.2ClH.Cr/c1-16-17(2)19(4)23(18(16)3)22-14-10-9-11-20(22)15-24(5)21-12-7-6-8-13-21;;;/h6-14,23H,15H2,1-5H3;2*1H;/q;;;+2/p-2. The van der Waals surface area contributed by atoms with Gasteiger partial charge in [0, 0.05) is 25.2 Å². The monoisotopic (exact) mass is 439 g/mol. The molecular formula is C23H27Cl2CrN. The van der Waals surface area contributed by atoms with Gasteiger partial charge in [0.1, 0.15) is 0 Å². The van der Waals surface area contributed by atoms with Crippen LogP contribution in [0, 0.1) is 0 Å². The number of rotatable bonds is 4. The van der Waals surface area contributed by atoms with Crippen molar-refractivity contribution in [2.75, 3.05) is 11.9 Å². The molecule has 0 atom stereocenters. The van der Waals surface area contributed by atoms with E-state index in [0.29, 0.717) is 5.92 Å². The predicted octanol–water partition coefficient (Wildman–Crippen LogP) is 7.47. The van der Waals surface area contributed by atoms with E-state index in [2.05, 4.69) is 94.2 Å². The maximum absolute atomic E-state index is 4.83. The molecule has 1 aliphatic rings. The first-order chi connectivity index (χ1) is 12.9. The second-order valence-corrected chi connectivity index (χ2v) is 9.10. The second-order valence-electron chi connectivity index (χ2n) is 7.00. The molecule has 0 radical (unpaired) electrons. The Morgan fingerprint density at radius 3 is 1.85 bits per heavy atom. The third kappa shape index (κ3) is 5.21. The number of halogens is 2. The molecule has 0 fully saturated rings. The first-order valence-electron chi connectivity index (χ1n) is 9.00. The summed E-state index contributed by atoms with van der Waals surface area (Å²) in [7, 11) is 11.8. The van der Waals surface area contributed by atoms with Crippen LogP contribution in [0.4, 0.5) is 5.69 Å². The van der Waals surface area contributed by atoms with Gasteiger partial charge in [-0.25, -0.2) is 0 Å². The van der Waals surface area contributed by atoms with Crippen LogP contribution >= 0.6 is 20.1 Å². The maximum atomic E-state index is 4.83. The van der Waals surface area contributed by atoms with E-state index in [1.165, 1.54) is 39.1 Å². The summed E-state index contributed by atoms with van der Waals surface area (Å²) in [5, 5.41) is 0. The van der Waals surface area contributed by atoms with Crippen LogP contribution in [0.3, 0.4) is 0 Å². The van der Waals surface area contributed by atoms with Crippen LogP contribution in [0.5, 0.6) is 0 Å². The summed E-state index contributed by atoms with van der Waals surface area (Å²) in [5.74, 6) is 0.436. The number of hydrogen-bond acceptors (Lipinski definition) is 1. The fourth-order valence-corrected chi connectivity index (χ4v) is 3.80. The van der Waals surface area contributed by atoms with Gasteiger partial charge < -0.3 is 4.90 Å². The van der Waals surface area contributed by atoms with Gasteiger partial charge in [-0.05, 0) is 62.1 Å². The zero-order valence-electron chi connectivity index (χ0n) is 16.6. The van der Waals surface area contributed by atoms with Crippen LogP contribution in [0.1, 0.15) is 44.7 Å². The average Bonchev–Trinajstić information content (AvgIpc) is 2.87.